The largest absolute Gasteiger partial charge is 0.323 e. The molecule has 0 saturated heterocycles. The van der Waals surface area contributed by atoms with Crippen LogP contribution in [0.5, 0.6) is 0 Å². The summed E-state index contributed by atoms with van der Waals surface area (Å²) in [6, 6.07) is 22.9. The third-order valence-corrected chi connectivity index (χ3v) is 3.70. The molecule has 4 aromatic rings. The van der Waals surface area contributed by atoms with Gasteiger partial charge in [0, 0.05) is 29.5 Å². The Morgan fingerprint density at radius 1 is 0.762 bits per heavy atom. The molecule has 2 aromatic carbocycles. The van der Waals surface area contributed by atoms with Crippen LogP contribution in [0.4, 0.5) is 0 Å². The van der Waals surface area contributed by atoms with Gasteiger partial charge in [0.1, 0.15) is 0 Å². The maximum absolute atomic E-state index is 4.40. The van der Waals surface area contributed by atoms with Gasteiger partial charge in [-0.3, -0.25) is 4.98 Å². The van der Waals surface area contributed by atoms with E-state index in [0.29, 0.717) is 0 Å². The van der Waals surface area contributed by atoms with Crippen molar-refractivity contribution in [3.05, 3.63) is 85.3 Å². The normalized spacial score (nSPS) is 10.9. The van der Waals surface area contributed by atoms with Gasteiger partial charge in [-0.25, -0.2) is 0 Å². The topological polar surface area (TPSA) is 17.8 Å². The molecule has 0 aliphatic rings. The van der Waals surface area contributed by atoms with Gasteiger partial charge in [-0.05, 0) is 29.7 Å². The van der Waals surface area contributed by atoms with Crippen LogP contribution in [-0.4, -0.2) is 9.55 Å². The lowest BCUT2D eigenvalue weighted by molar-refractivity contribution is 1.09. The van der Waals surface area contributed by atoms with Gasteiger partial charge >= 0.3 is 0 Å². The molecule has 2 heteroatoms. The van der Waals surface area contributed by atoms with Gasteiger partial charge in [-0.2, -0.15) is 0 Å². The summed E-state index contributed by atoms with van der Waals surface area (Å²) in [5.74, 6) is 0. The van der Waals surface area contributed by atoms with Crippen LogP contribution < -0.4 is 0 Å². The summed E-state index contributed by atoms with van der Waals surface area (Å²) >= 11 is 0. The molecule has 0 saturated carbocycles. The van der Waals surface area contributed by atoms with Gasteiger partial charge in [0.05, 0.1) is 11.4 Å². The Labute approximate surface area is 123 Å². The smallest absolute Gasteiger partial charge is 0.0717 e. The molecular formula is C19H14N2. The minimum Gasteiger partial charge on any atom is -0.323 e. The van der Waals surface area contributed by atoms with Gasteiger partial charge < -0.3 is 4.57 Å². The van der Waals surface area contributed by atoms with E-state index in [4.69, 9.17) is 0 Å². The molecule has 2 aromatic heterocycles. The lowest BCUT2D eigenvalue weighted by Gasteiger charge is -2.07. The summed E-state index contributed by atoms with van der Waals surface area (Å²) in [6.45, 7) is 0. The molecular weight excluding hydrogens is 256 g/mol. The van der Waals surface area contributed by atoms with Crippen molar-refractivity contribution >= 4 is 10.8 Å². The second-order valence-electron chi connectivity index (χ2n) is 5.02. The van der Waals surface area contributed by atoms with E-state index < -0.39 is 0 Å². The van der Waals surface area contributed by atoms with Crippen LogP contribution in [0.2, 0.25) is 0 Å². The van der Waals surface area contributed by atoms with E-state index >= 15 is 0 Å². The summed E-state index contributed by atoms with van der Waals surface area (Å²) < 4.78 is 2.16. The second-order valence-corrected chi connectivity index (χ2v) is 5.02. The van der Waals surface area contributed by atoms with E-state index in [0.717, 1.165) is 11.3 Å². The lowest BCUT2D eigenvalue weighted by atomic mass is 10.1. The zero-order valence-corrected chi connectivity index (χ0v) is 11.5. The van der Waals surface area contributed by atoms with Crippen molar-refractivity contribution in [3.63, 3.8) is 0 Å². The molecule has 100 valence electrons. The Morgan fingerprint density at radius 3 is 2.52 bits per heavy atom. The number of rotatable bonds is 2. The van der Waals surface area contributed by atoms with Gasteiger partial charge in [-0.15, -0.1) is 0 Å². The minimum atomic E-state index is 0.997. The first kappa shape index (κ1) is 11.9. The quantitative estimate of drug-likeness (QED) is 0.516. The number of hydrogen-bond donors (Lipinski definition) is 0. The van der Waals surface area contributed by atoms with Crippen LogP contribution in [0, 0.1) is 0 Å². The van der Waals surface area contributed by atoms with E-state index in [-0.39, 0.29) is 0 Å². The van der Waals surface area contributed by atoms with Crippen molar-refractivity contribution in [3.8, 4) is 16.9 Å². The Bertz CT molecular complexity index is 886. The van der Waals surface area contributed by atoms with Crippen LogP contribution in [-0.2, 0) is 0 Å². The number of aromatic nitrogens is 2. The van der Waals surface area contributed by atoms with Crippen LogP contribution in [0.3, 0.4) is 0 Å². The van der Waals surface area contributed by atoms with E-state index in [1.807, 2.05) is 24.4 Å². The molecule has 4 rings (SSSR count). The Kier molecular flexibility index (Phi) is 2.79. The van der Waals surface area contributed by atoms with Gasteiger partial charge in [0.25, 0.3) is 0 Å². The van der Waals surface area contributed by atoms with Gasteiger partial charge in [0.2, 0.25) is 0 Å². The zero-order valence-electron chi connectivity index (χ0n) is 11.5. The molecule has 2 nitrogen and oxygen atoms in total. The zero-order chi connectivity index (χ0) is 14.1. The third kappa shape index (κ3) is 2.11. The Balaban J connectivity index is 1.85. The van der Waals surface area contributed by atoms with E-state index in [1.54, 1.807) is 0 Å². The van der Waals surface area contributed by atoms with Crippen molar-refractivity contribution in [2.24, 2.45) is 0 Å². The molecule has 0 N–H and O–H groups in total. The molecule has 2 heterocycles. The molecule has 0 spiro atoms. The van der Waals surface area contributed by atoms with Crippen molar-refractivity contribution in [1.82, 2.24) is 9.55 Å². The molecule has 0 aliphatic carbocycles. The SMILES string of the molecule is c1ccc(-c2ccn(-c3cccc4ccccc34)c2)nc1. The standard InChI is InChI=1S/C19H14N2/c1-2-8-17-15(6-1)7-5-10-19(17)21-13-11-16(14-21)18-9-3-4-12-20-18/h1-14H. The molecule has 0 radical (unpaired) electrons. The van der Waals surface area contributed by atoms with Crippen molar-refractivity contribution in [2.45, 2.75) is 0 Å². The maximum Gasteiger partial charge on any atom is 0.0717 e. The first-order chi connectivity index (χ1) is 10.4. The van der Waals surface area contributed by atoms with Crippen molar-refractivity contribution < 1.29 is 0 Å². The van der Waals surface area contributed by atoms with Gasteiger partial charge in [0.15, 0.2) is 0 Å². The summed E-state index contributed by atoms with van der Waals surface area (Å²) in [5.41, 5.74) is 3.32. The number of benzene rings is 2. The maximum atomic E-state index is 4.40. The van der Waals surface area contributed by atoms with Gasteiger partial charge in [-0.1, -0.05) is 42.5 Å². The fourth-order valence-corrected chi connectivity index (χ4v) is 2.66. The van der Waals surface area contributed by atoms with E-state index in [9.17, 15) is 0 Å². The molecule has 0 aliphatic heterocycles. The second kappa shape index (κ2) is 4.91. The van der Waals surface area contributed by atoms with Crippen LogP contribution in [0.15, 0.2) is 85.3 Å². The third-order valence-electron chi connectivity index (χ3n) is 3.70. The number of nitrogens with zero attached hydrogens (tertiary/aromatic N) is 2. The minimum absolute atomic E-state index is 0.997. The van der Waals surface area contributed by atoms with E-state index in [2.05, 4.69) is 70.5 Å². The number of fused-ring (bicyclic) bond motifs is 1. The highest BCUT2D eigenvalue weighted by Crippen LogP contribution is 2.25. The molecule has 0 atom stereocenters. The van der Waals surface area contributed by atoms with Crippen LogP contribution in [0.1, 0.15) is 0 Å². The van der Waals surface area contributed by atoms with E-state index in [1.165, 1.54) is 16.5 Å². The fraction of sp³-hybridized carbons (Fsp3) is 0. The van der Waals surface area contributed by atoms with Crippen LogP contribution in [0.25, 0.3) is 27.7 Å². The molecule has 0 unspecified atom stereocenters. The molecule has 0 amide bonds. The first-order valence-corrected chi connectivity index (χ1v) is 6.99. The Hall–Kier alpha value is -2.87. The fourth-order valence-electron chi connectivity index (χ4n) is 2.66. The predicted octanol–water partition coefficient (Wildman–Crippen LogP) is 4.69. The summed E-state index contributed by atoms with van der Waals surface area (Å²) in [4.78, 5) is 4.40. The van der Waals surface area contributed by atoms with Crippen molar-refractivity contribution in [2.75, 3.05) is 0 Å². The Morgan fingerprint density at radius 2 is 1.62 bits per heavy atom. The number of hydrogen-bond acceptors (Lipinski definition) is 1. The first-order valence-electron chi connectivity index (χ1n) is 6.99. The lowest BCUT2D eigenvalue weighted by Crippen LogP contribution is -1.91. The summed E-state index contributed by atoms with van der Waals surface area (Å²) in [7, 11) is 0. The monoisotopic (exact) mass is 270 g/mol. The van der Waals surface area contributed by atoms with Crippen molar-refractivity contribution in [1.29, 1.82) is 0 Å². The molecule has 21 heavy (non-hydrogen) atoms. The summed E-state index contributed by atoms with van der Waals surface area (Å²) in [5, 5.41) is 2.51. The highest BCUT2D eigenvalue weighted by atomic mass is 14.9. The number of pyridine rings is 1. The van der Waals surface area contributed by atoms with Crippen LogP contribution >= 0.6 is 0 Å². The summed E-state index contributed by atoms with van der Waals surface area (Å²) in [6.07, 6.45) is 6.04. The molecule has 0 bridgehead atoms. The highest BCUT2D eigenvalue weighted by molar-refractivity contribution is 5.90. The highest BCUT2D eigenvalue weighted by Gasteiger charge is 2.05. The molecule has 0 fully saturated rings. The average Bonchev–Trinajstić information content (AvgIpc) is 3.05. The average molecular weight is 270 g/mol. The predicted molar refractivity (Wildman–Crippen MR) is 86.5 cm³/mol.